The molecule has 0 aliphatic carbocycles. The summed E-state index contributed by atoms with van der Waals surface area (Å²) in [7, 11) is 1.70. The summed E-state index contributed by atoms with van der Waals surface area (Å²) in [5, 5.41) is 6.68. The second kappa shape index (κ2) is 13.4. The summed E-state index contributed by atoms with van der Waals surface area (Å²) in [5.74, 6) is 2.25. The average molecular weight is 415 g/mol. The number of aryl methyl sites for hydroxylation is 1. The van der Waals surface area contributed by atoms with E-state index in [0.717, 1.165) is 35.8 Å². The van der Waals surface area contributed by atoms with Crippen LogP contribution < -0.4 is 20.1 Å². The van der Waals surface area contributed by atoms with Crippen molar-refractivity contribution in [2.45, 2.75) is 40.3 Å². The SMILES string of the molecule is CCNC(=NCc1cccnc1OCC)NCc1ccc(C)cc1OCCCOC. The zero-order valence-corrected chi connectivity index (χ0v) is 18.5. The van der Waals surface area contributed by atoms with Gasteiger partial charge in [0.1, 0.15) is 5.75 Å². The standard InChI is InChI=1S/C23H34N4O3/c1-5-24-23(27-17-20-9-7-12-25-22(20)29-6-2)26-16-19-11-10-18(3)15-21(19)30-14-8-13-28-4/h7,9-12,15H,5-6,8,13-14,16-17H2,1-4H3,(H2,24,26,27). The van der Waals surface area contributed by atoms with Crippen molar-refractivity contribution in [3.05, 3.63) is 53.2 Å². The molecule has 0 bridgehead atoms. The van der Waals surface area contributed by atoms with Crippen molar-refractivity contribution in [3.8, 4) is 11.6 Å². The van der Waals surface area contributed by atoms with Crippen molar-refractivity contribution >= 4 is 5.96 Å². The molecule has 1 aromatic carbocycles. The van der Waals surface area contributed by atoms with Crippen LogP contribution in [-0.4, -0.2) is 44.4 Å². The number of nitrogens with one attached hydrogen (secondary N) is 2. The third kappa shape index (κ3) is 7.91. The second-order valence-corrected chi connectivity index (χ2v) is 6.76. The van der Waals surface area contributed by atoms with Crippen LogP contribution >= 0.6 is 0 Å². The Hall–Kier alpha value is -2.80. The molecule has 2 N–H and O–H groups in total. The van der Waals surface area contributed by atoms with Crippen LogP contribution in [0.3, 0.4) is 0 Å². The van der Waals surface area contributed by atoms with Crippen LogP contribution in [0, 0.1) is 6.92 Å². The van der Waals surface area contributed by atoms with Gasteiger partial charge < -0.3 is 24.8 Å². The molecule has 2 aromatic rings. The minimum absolute atomic E-state index is 0.479. The van der Waals surface area contributed by atoms with Crippen molar-refractivity contribution in [1.82, 2.24) is 15.6 Å². The van der Waals surface area contributed by atoms with Gasteiger partial charge in [-0.25, -0.2) is 9.98 Å². The molecule has 0 unspecified atom stereocenters. The minimum Gasteiger partial charge on any atom is -0.493 e. The number of aliphatic imine (C=N–C) groups is 1. The Morgan fingerprint density at radius 3 is 2.70 bits per heavy atom. The smallest absolute Gasteiger partial charge is 0.218 e. The van der Waals surface area contributed by atoms with Crippen molar-refractivity contribution in [3.63, 3.8) is 0 Å². The molecule has 0 atom stereocenters. The fourth-order valence-electron chi connectivity index (χ4n) is 2.82. The number of benzene rings is 1. The topological polar surface area (TPSA) is 77.0 Å². The molecule has 30 heavy (non-hydrogen) atoms. The molecule has 164 valence electrons. The van der Waals surface area contributed by atoms with E-state index >= 15 is 0 Å². The molecule has 0 spiro atoms. The van der Waals surface area contributed by atoms with Gasteiger partial charge in [-0.3, -0.25) is 0 Å². The van der Waals surface area contributed by atoms with E-state index in [9.17, 15) is 0 Å². The van der Waals surface area contributed by atoms with E-state index < -0.39 is 0 Å². The van der Waals surface area contributed by atoms with E-state index in [-0.39, 0.29) is 0 Å². The molecule has 0 saturated heterocycles. The van der Waals surface area contributed by atoms with Gasteiger partial charge in [-0.1, -0.05) is 18.2 Å². The molecule has 1 heterocycles. The number of pyridine rings is 1. The molecule has 1 aromatic heterocycles. The lowest BCUT2D eigenvalue weighted by Gasteiger charge is -2.15. The van der Waals surface area contributed by atoms with Gasteiger partial charge in [-0.2, -0.15) is 0 Å². The van der Waals surface area contributed by atoms with Gasteiger partial charge >= 0.3 is 0 Å². The molecule has 0 saturated carbocycles. The summed E-state index contributed by atoms with van der Waals surface area (Å²) in [6, 6.07) is 10.1. The Kier molecular flexibility index (Phi) is 10.5. The maximum atomic E-state index is 5.98. The first-order valence-electron chi connectivity index (χ1n) is 10.5. The normalized spacial score (nSPS) is 11.3. The van der Waals surface area contributed by atoms with Crippen LogP contribution in [0.2, 0.25) is 0 Å². The number of methoxy groups -OCH3 is 1. The lowest BCUT2D eigenvalue weighted by Crippen LogP contribution is -2.36. The predicted octanol–water partition coefficient (Wildman–Crippen LogP) is 3.46. The molecule has 0 fully saturated rings. The Morgan fingerprint density at radius 1 is 1.07 bits per heavy atom. The molecule has 0 amide bonds. The number of nitrogens with zero attached hydrogens (tertiary/aromatic N) is 2. The van der Waals surface area contributed by atoms with Crippen LogP contribution in [0.15, 0.2) is 41.5 Å². The quantitative estimate of drug-likeness (QED) is 0.315. The lowest BCUT2D eigenvalue weighted by molar-refractivity contribution is 0.171. The summed E-state index contributed by atoms with van der Waals surface area (Å²) in [6.45, 7) is 9.80. The van der Waals surface area contributed by atoms with E-state index in [2.05, 4.69) is 40.7 Å². The highest BCUT2D eigenvalue weighted by Gasteiger charge is 2.08. The number of hydrogen-bond donors (Lipinski definition) is 2. The highest BCUT2D eigenvalue weighted by Crippen LogP contribution is 2.21. The van der Waals surface area contributed by atoms with Crippen LogP contribution in [-0.2, 0) is 17.8 Å². The molecule has 7 nitrogen and oxygen atoms in total. The maximum Gasteiger partial charge on any atom is 0.218 e. The third-order valence-electron chi connectivity index (χ3n) is 4.30. The summed E-state index contributed by atoms with van der Waals surface area (Å²) >= 11 is 0. The van der Waals surface area contributed by atoms with Crippen LogP contribution in [0.25, 0.3) is 0 Å². The molecule has 0 radical (unpaired) electrons. The fourth-order valence-corrected chi connectivity index (χ4v) is 2.82. The highest BCUT2D eigenvalue weighted by atomic mass is 16.5. The van der Waals surface area contributed by atoms with Gasteiger partial charge in [0.05, 0.1) is 19.8 Å². The number of rotatable bonds is 12. The fraction of sp³-hybridized carbons (Fsp3) is 0.478. The van der Waals surface area contributed by atoms with E-state index in [1.54, 1.807) is 13.3 Å². The van der Waals surface area contributed by atoms with E-state index in [0.29, 0.717) is 38.8 Å². The Balaban J connectivity index is 2.04. The van der Waals surface area contributed by atoms with Gasteiger partial charge in [-0.15, -0.1) is 0 Å². The van der Waals surface area contributed by atoms with Crippen LogP contribution in [0.4, 0.5) is 0 Å². The Bertz CT molecular complexity index is 796. The Morgan fingerprint density at radius 2 is 1.93 bits per heavy atom. The largest absolute Gasteiger partial charge is 0.493 e. The molecular weight excluding hydrogens is 380 g/mol. The second-order valence-electron chi connectivity index (χ2n) is 6.76. The highest BCUT2D eigenvalue weighted by molar-refractivity contribution is 5.79. The van der Waals surface area contributed by atoms with E-state index in [1.165, 1.54) is 5.56 Å². The van der Waals surface area contributed by atoms with E-state index in [1.807, 2.05) is 26.0 Å². The van der Waals surface area contributed by atoms with Gasteiger partial charge in [0.2, 0.25) is 5.88 Å². The summed E-state index contributed by atoms with van der Waals surface area (Å²) in [4.78, 5) is 8.98. The minimum atomic E-state index is 0.479. The first-order chi connectivity index (χ1) is 14.7. The van der Waals surface area contributed by atoms with Gasteiger partial charge in [0.25, 0.3) is 0 Å². The zero-order valence-electron chi connectivity index (χ0n) is 18.5. The summed E-state index contributed by atoms with van der Waals surface area (Å²) in [5.41, 5.74) is 3.20. The third-order valence-corrected chi connectivity index (χ3v) is 4.30. The van der Waals surface area contributed by atoms with Crippen molar-refractivity contribution in [1.29, 1.82) is 0 Å². The number of hydrogen-bond acceptors (Lipinski definition) is 5. The summed E-state index contributed by atoms with van der Waals surface area (Å²) < 4.78 is 16.7. The first kappa shape index (κ1) is 23.5. The van der Waals surface area contributed by atoms with Gasteiger partial charge in [0.15, 0.2) is 5.96 Å². The van der Waals surface area contributed by atoms with Crippen LogP contribution in [0.5, 0.6) is 11.6 Å². The Labute approximate surface area is 179 Å². The van der Waals surface area contributed by atoms with Gasteiger partial charge in [-0.05, 0) is 38.5 Å². The maximum absolute atomic E-state index is 5.98. The molecule has 0 aliphatic heterocycles. The van der Waals surface area contributed by atoms with E-state index in [4.69, 9.17) is 19.2 Å². The average Bonchev–Trinajstić information content (AvgIpc) is 2.75. The lowest BCUT2D eigenvalue weighted by atomic mass is 10.1. The molecule has 0 aliphatic rings. The predicted molar refractivity (Wildman–Crippen MR) is 120 cm³/mol. The van der Waals surface area contributed by atoms with Crippen molar-refractivity contribution in [2.24, 2.45) is 4.99 Å². The van der Waals surface area contributed by atoms with Crippen molar-refractivity contribution < 1.29 is 14.2 Å². The van der Waals surface area contributed by atoms with Crippen molar-refractivity contribution in [2.75, 3.05) is 33.5 Å². The molecular formula is C23H34N4O3. The number of guanidine groups is 1. The summed E-state index contributed by atoms with van der Waals surface area (Å²) in [6.07, 6.45) is 2.59. The number of aromatic nitrogens is 1. The molecule has 2 rings (SSSR count). The number of ether oxygens (including phenoxy) is 3. The molecule has 7 heteroatoms. The monoisotopic (exact) mass is 414 g/mol. The first-order valence-corrected chi connectivity index (χ1v) is 10.5. The van der Waals surface area contributed by atoms with Crippen LogP contribution in [0.1, 0.15) is 37.0 Å². The van der Waals surface area contributed by atoms with Gasteiger partial charge in [0, 0.05) is 50.6 Å². The zero-order chi connectivity index (χ0) is 21.6.